The molecule has 1 nitrogen and oxygen atoms in total. The Morgan fingerprint density at radius 2 is 1.73 bits per heavy atom. The van der Waals surface area contributed by atoms with Crippen molar-refractivity contribution in [2.75, 3.05) is 7.11 Å². The number of ether oxygens (including phenoxy) is 1. The lowest BCUT2D eigenvalue weighted by Crippen LogP contribution is -2.35. The zero-order valence-corrected chi connectivity index (χ0v) is 9.34. The summed E-state index contributed by atoms with van der Waals surface area (Å²) >= 11 is 0. The van der Waals surface area contributed by atoms with Gasteiger partial charge in [0, 0.05) is 12.3 Å². The summed E-state index contributed by atoms with van der Waals surface area (Å²) in [5.41, 5.74) is 0. The molecule has 0 N–H and O–H groups in total. The highest BCUT2D eigenvalue weighted by molar-refractivity contribution is 7.19. The lowest BCUT2D eigenvalue weighted by molar-refractivity contribution is 0.0610. The SMILES string of the molecule is CCC(OC)C(P)(CC)CC. The molecule has 0 spiro atoms. The van der Waals surface area contributed by atoms with Gasteiger partial charge >= 0.3 is 0 Å². The van der Waals surface area contributed by atoms with Crippen LogP contribution >= 0.6 is 9.24 Å². The average molecular weight is 176 g/mol. The Morgan fingerprint density at radius 1 is 1.27 bits per heavy atom. The predicted octanol–water partition coefficient (Wildman–Crippen LogP) is 2.85. The molecule has 0 aliphatic rings. The summed E-state index contributed by atoms with van der Waals surface area (Å²) in [7, 11) is 4.75. The molecule has 2 unspecified atom stereocenters. The first kappa shape index (κ1) is 11.4. The van der Waals surface area contributed by atoms with E-state index in [-0.39, 0.29) is 0 Å². The van der Waals surface area contributed by atoms with Gasteiger partial charge in [0.2, 0.25) is 0 Å². The van der Waals surface area contributed by atoms with Gasteiger partial charge in [0.25, 0.3) is 0 Å². The van der Waals surface area contributed by atoms with E-state index in [4.69, 9.17) is 4.74 Å². The molecule has 2 heteroatoms. The van der Waals surface area contributed by atoms with E-state index >= 15 is 0 Å². The Hall–Kier alpha value is 0.390. The van der Waals surface area contributed by atoms with E-state index in [2.05, 4.69) is 30.0 Å². The van der Waals surface area contributed by atoms with Crippen LogP contribution in [0.4, 0.5) is 0 Å². The molecule has 0 radical (unpaired) electrons. The second-order valence-corrected chi connectivity index (χ2v) is 4.22. The molecule has 68 valence electrons. The van der Waals surface area contributed by atoms with E-state index in [1.165, 1.54) is 12.8 Å². The van der Waals surface area contributed by atoms with E-state index in [1.54, 1.807) is 7.11 Å². The molecular formula is C9H21OP. The van der Waals surface area contributed by atoms with Crippen LogP contribution in [0.5, 0.6) is 0 Å². The highest BCUT2D eigenvalue weighted by Gasteiger charge is 2.29. The second-order valence-electron chi connectivity index (χ2n) is 3.07. The minimum absolute atomic E-state index is 0.295. The fourth-order valence-corrected chi connectivity index (χ4v) is 1.89. The van der Waals surface area contributed by atoms with Gasteiger partial charge in [0.05, 0.1) is 6.10 Å². The Morgan fingerprint density at radius 3 is 1.82 bits per heavy atom. The van der Waals surface area contributed by atoms with E-state index in [9.17, 15) is 0 Å². The molecule has 0 aliphatic heterocycles. The molecule has 0 aliphatic carbocycles. The molecule has 0 heterocycles. The molecule has 0 aromatic carbocycles. The smallest absolute Gasteiger partial charge is 0.0658 e. The molecule has 0 amide bonds. The first-order chi connectivity index (χ1) is 5.14. The molecule has 2 atom stereocenters. The van der Waals surface area contributed by atoms with Gasteiger partial charge in [-0.25, -0.2) is 0 Å². The Bertz CT molecular complexity index is 95.7. The fourth-order valence-electron chi connectivity index (χ4n) is 1.51. The quantitative estimate of drug-likeness (QED) is 0.585. The first-order valence-electron chi connectivity index (χ1n) is 4.46. The van der Waals surface area contributed by atoms with Crippen molar-refractivity contribution >= 4 is 9.24 Å². The topological polar surface area (TPSA) is 9.23 Å². The van der Waals surface area contributed by atoms with Crippen LogP contribution in [0.15, 0.2) is 0 Å². The molecule has 0 aromatic heterocycles. The second kappa shape index (κ2) is 5.11. The Labute approximate surface area is 73.1 Å². The zero-order chi connectivity index (χ0) is 8.91. The van der Waals surface area contributed by atoms with Crippen molar-refractivity contribution in [1.29, 1.82) is 0 Å². The Balaban J connectivity index is 4.19. The fraction of sp³-hybridized carbons (Fsp3) is 1.00. The molecule has 0 saturated carbocycles. The van der Waals surface area contributed by atoms with Gasteiger partial charge in [-0.2, -0.15) is 0 Å². The van der Waals surface area contributed by atoms with Gasteiger partial charge in [-0.1, -0.05) is 20.8 Å². The summed E-state index contributed by atoms with van der Waals surface area (Å²) in [6, 6.07) is 0. The number of hydrogen-bond donors (Lipinski definition) is 0. The third-order valence-corrected chi connectivity index (χ3v) is 3.80. The van der Waals surface area contributed by atoms with Crippen molar-refractivity contribution in [2.45, 2.75) is 51.3 Å². The minimum atomic E-state index is 0.295. The molecular weight excluding hydrogens is 155 g/mol. The summed E-state index contributed by atoms with van der Waals surface area (Å²) in [6.45, 7) is 6.62. The van der Waals surface area contributed by atoms with Gasteiger partial charge in [-0.05, 0) is 19.3 Å². The highest BCUT2D eigenvalue weighted by atomic mass is 31.0. The van der Waals surface area contributed by atoms with Gasteiger partial charge in [0.15, 0.2) is 0 Å². The third-order valence-electron chi connectivity index (χ3n) is 2.61. The van der Waals surface area contributed by atoms with Crippen LogP contribution in [0.2, 0.25) is 0 Å². The van der Waals surface area contributed by atoms with E-state index in [1.807, 2.05) is 0 Å². The average Bonchev–Trinajstić information content (AvgIpc) is 2.06. The number of hydrogen-bond acceptors (Lipinski definition) is 1. The largest absolute Gasteiger partial charge is 0.381 e. The van der Waals surface area contributed by atoms with Crippen LogP contribution in [0.25, 0.3) is 0 Å². The van der Waals surface area contributed by atoms with Gasteiger partial charge < -0.3 is 4.74 Å². The number of methoxy groups -OCH3 is 1. The van der Waals surface area contributed by atoms with Crippen LogP contribution < -0.4 is 0 Å². The van der Waals surface area contributed by atoms with E-state index in [0.717, 1.165) is 6.42 Å². The van der Waals surface area contributed by atoms with Crippen molar-refractivity contribution < 1.29 is 4.74 Å². The molecule has 0 saturated heterocycles. The normalized spacial score (nSPS) is 15.0. The highest BCUT2D eigenvalue weighted by Crippen LogP contribution is 2.33. The van der Waals surface area contributed by atoms with Crippen LogP contribution in [0.3, 0.4) is 0 Å². The zero-order valence-electron chi connectivity index (χ0n) is 8.18. The van der Waals surface area contributed by atoms with Crippen LogP contribution in [-0.2, 0) is 4.74 Å². The van der Waals surface area contributed by atoms with Crippen LogP contribution in [-0.4, -0.2) is 18.4 Å². The molecule has 0 bridgehead atoms. The van der Waals surface area contributed by atoms with E-state index in [0.29, 0.717) is 11.3 Å². The molecule has 11 heavy (non-hydrogen) atoms. The van der Waals surface area contributed by atoms with Crippen LogP contribution in [0, 0.1) is 0 Å². The molecule has 0 rings (SSSR count). The maximum Gasteiger partial charge on any atom is 0.0658 e. The predicted molar refractivity (Wildman–Crippen MR) is 54.1 cm³/mol. The summed E-state index contributed by atoms with van der Waals surface area (Å²) in [6.07, 6.45) is 3.82. The molecule has 0 aromatic rings. The maximum atomic E-state index is 5.43. The third kappa shape index (κ3) is 2.72. The monoisotopic (exact) mass is 176 g/mol. The standard InChI is InChI=1S/C9H21OP/c1-5-8(10-4)9(11,6-2)7-3/h8H,5-7,11H2,1-4H3. The van der Waals surface area contributed by atoms with E-state index < -0.39 is 0 Å². The van der Waals surface area contributed by atoms with Gasteiger partial charge in [-0.3, -0.25) is 0 Å². The lowest BCUT2D eigenvalue weighted by atomic mass is 9.93. The van der Waals surface area contributed by atoms with Crippen molar-refractivity contribution in [3.8, 4) is 0 Å². The minimum Gasteiger partial charge on any atom is -0.381 e. The summed E-state index contributed by atoms with van der Waals surface area (Å²) in [5, 5.41) is 0.295. The number of rotatable bonds is 5. The maximum absolute atomic E-state index is 5.43. The van der Waals surface area contributed by atoms with Crippen molar-refractivity contribution in [2.24, 2.45) is 0 Å². The summed E-state index contributed by atoms with van der Waals surface area (Å²) in [5.74, 6) is 0. The van der Waals surface area contributed by atoms with Gasteiger partial charge in [0.1, 0.15) is 0 Å². The van der Waals surface area contributed by atoms with Crippen molar-refractivity contribution in [3.63, 3.8) is 0 Å². The Kier molecular flexibility index (Phi) is 5.29. The van der Waals surface area contributed by atoms with Crippen molar-refractivity contribution in [1.82, 2.24) is 0 Å². The molecule has 0 fully saturated rings. The van der Waals surface area contributed by atoms with Crippen molar-refractivity contribution in [3.05, 3.63) is 0 Å². The van der Waals surface area contributed by atoms with Crippen LogP contribution in [0.1, 0.15) is 40.0 Å². The summed E-state index contributed by atoms with van der Waals surface area (Å²) < 4.78 is 5.43. The first-order valence-corrected chi connectivity index (χ1v) is 5.04. The lowest BCUT2D eigenvalue weighted by Gasteiger charge is -2.34. The summed E-state index contributed by atoms with van der Waals surface area (Å²) in [4.78, 5) is 0. The van der Waals surface area contributed by atoms with Gasteiger partial charge in [-0.15, -0.1) is 9.24 Å².